The molecule has 0 unspecified atom stereocenters. The Morgan fingerprint density at radius 2 is 1.80 bits per heavy atom. The van der Waals surface area contributed by atoms with Gasteiger partial charge in [-0.25, -0.2) is 13.2 Å². The lowest BCUT2D eigenvalue weighted by molar-refractivity contribution is -0.140. The van der Waals surface area contributed by atoms with Crippen LogP contribution in [-0.4, -0.2) is 49.5 Å². The topological polar surface area (TPSA) is 80.3 Å². The second kappa shape index (κ2) is 11.7. The van der Waals surface area contributed by atoms with E-state index in [0.717, 1.165) is 5.56 Å². The lowest BCUT2D eigenvalue weighted by Gasteiger charge is -2.45. The van der Waals surface area contributed by atoms with Gasteiger partial charge in [0, 0.05) is 29.5 Å². The van der Waals surface area contributed by atoms with Crippen molar-refractivity contribution in [2.45, 2.75) is 37.6 Å². The maximum atomic E-state index is 14.8. The van der Waals surface area contributed by atoms with Crippen LogP contribution < -0.4 is 19.7 Å². The van der Waals surface area contributed by atoms with Crippen LogP contribution in [0.2, 0.25) is 0 Å². The lowest BCUT2D eigenvalue weighted by Crippen LogP contribution is -2.59. The number of ether oxygens (including phenoxy) is 3. The quantitative estimate of drug-likeness (QED) is 0.353. The first-order valence-corrected chi connectivity index (χ1v) is 13.6. The van der Waals surface area contributed by atoms with Crippen molar-refractivity contribution in [2.24, 2.45) is 0 Å². The van der Waals surface area contributed by atoms with E-state index in [4.69, 9.17) is 14.2 Å². The van der Waals surface area contributed by atoms with E-state index < -0.39 is 29.2 Å². The molecular weight excluding hydrogens is 593 g/mol. The number of fused-ring (bicyclic) bond motifs is 1. The molecule has 0 aromatic heterocycles. The van der Waals surface area contributed by atoms with Crippen molar-refractivity contribution in [1.29, 1.82) is 0 Å². The van der Waals surface area contributed by atoms with Crippen molar-refractivity contribution in [3.63, 3.8) is 0 Å². The van der Waals surface area contributed by atoms with Gasteiger partial charge in [-0.15, -0.1) is 0 Å². The van der Waals surface area contributed by atoms with Crippen LogP contribution in [0.25, 0.3) is 0 Å². The predicted molar refractivity (Wildman–Crippen MR) is 146 cm³/mol. The minimum absolute atomic E-state index is 0.0108. The van der Waals surface area contributed by atoms with E-state index in [2.05, 4.69) is 21.2 Å². The van der Waals surface area contributed by atoms with Gasteiger partial charge in [-0.1, -0.05) is 28.1 Å². The Morgan fingerprint density at radius 1 is 1.07 bits per heavy atom. The van der Waals surface area contributed by atoms with E-state index in [0.29, 0.717) is 23.5 Å². The van der Waals surface area contributed by atoms with Crippen molar-refractivity contribution in [2.75, 3.05) is 37.0 Å². The van der Waals surface area contributed by atoms with E-state index in [-0.39, 0.29) is 60.9 Å². The fourth-order valence-corrected chi connectivity index (χ4v) is 5.45. The number of rotatable bonds is 8. The van der Waals surface area contributed by atoms with Gasteiger partial charge in [0.15, 0.2) is 11.6 Å². The number of carbonyl (C=O) groups excluding carboxylic acids is 1. The Morgan fingerprint density at radius 3 is 2.50 bits per heavy atom. The summed E-state index contributed by atoms with van der Waals surface area (Å²) in [5.74, 6) is -1.30. The number of nitrogens with zero attached hydrogens (tertiary/aromatic N) is 1. The van der Waals surface area contributed by atoms with E-state index in [9.17, 15) is 23.1 Å². The average Bonchev–Trinajstić information content (AvgIpc) is 2.93. The molecule has 40 heavy (non-hydrogen) atoms. The predicted octanol–water partition coefficient (Wildman–Crippen LogP) is 5.37. The largest absolute Gasteiger partial charge is 0.497 e. The van der Waals surface area contributed by atoms with Gasteiger partial charge in [0.05, 0.1) is 19.4 Å². The molecule has 2 N–H and O–H groups in total. The molecule has 2 atom stereocenters. The molecule has 1 saturated heterocycles. The molecule has 0 bridgehead atoms. The Bertz CT molecular complexity index is 1380. The summed E-state index contributed by atoms with van der Waals surface area (Å²) in [6.07, 6.45) is -0.346. The van der Waals surface area contributed by atoms with Crippen molar-refractivity contribution < 1.29 is 37.3 Å². The third kappa shape index (κ3) is 5.91. The molecule has 0 spiro atoms. The van der Waals surface area contributed by atoms with Gasteiger partial charge < -0.3 is 29.5 Å². The highest BCUT2D eigenvalue weighted by Gasteiger charge is 2.44. The molecule has 1 fully saturated rings. The standard InChI is InChI=1S/C29H28BrF3N2O5/c1-38-19-4-2-17(3-5-19)15-39-25-14-35(28-22(32)12-18(30)13-23(28)33)11-10-29(25,37)16-40-24-8-7-21(31)27-20(24)6-9-26(36)34-27/h2-5,7-8,12-13,25,37H,6,9-11,14-16H2,1H3,(H,34,36)/t25-,29+/m0/s1. The van der Waals surface area contributed by atoms with Crippen molar-refractivity contribution >= 4 is 33.2 Å². The van der Waals surface area contributed by atoms with E-state index in [1.54, 1.807) is 19.2 Å². The van der Waals surface area contributed by atoms with Crippen LogP contribution in [0.1, 0.15) is 24.0 Å². The fourth-order valence-electron chi connectivity index (χ4n) is 5.04. The number of benzene rings is 3. The van der Waals surface area contributed by atoms with Gasteiger partial charge >= 0.3 is 0 Å². The molecule has 7 nitrogen and oxygen atoms in total. The Balaban J connectivity index is 1.38. The number of hydrogen-bond donors (Lipinski definition) is 2. The third-order valence-corrected chi connectivity index (χ3v) is 7.73. The van der Waals surface area contributed by atoms with Crippen LogP contribution in [0.4, 0.5) is 24.5 Å². The summed E-state index contributed by atoms with van der Waals surface area (Å²) in [6.45, 7) is 0.0257. The molecule has 5 rings (SSSR count). The Labute approximate surface area is 238 Å². The zero-order chi connectivity index (χ0) is 28.4. The highest BCUT2D eigenvalue weighted by Crippen LogP contribution is 2.37. The van der Waals surface area contributed by atoms with E-state index in [1.165, 1.54) is 29.2 Å². The highest BCUT2D eigenvalue weighted by atomic mass is 79.9. The highest BCUT2D eigenvalue weighted by molar-refractivity contribution is 9.10. The number of carbonyl (C=O) groups is 1. The average molecular weight is 621 g/mol. The molecule has 0 aliphatic carbocycles. The van der Waals surface area contributed by atoms with Crippen molar-refractivity contribution in [3.8, 4) is 11.5 Å². The number of aliphatic hydroxyl groups is 1. The number of piperidine rings is 1. The van der Waals surface area contributed by atoms with Crippen LogP contribution in [0, 0.1) is 17.5 Å². The zero-order valence-electron chi connectivity index (χ0n) is 21.7. The number of methoxy groups -OCH3 is 1. The van der Waals surface area contributed by atoms with Crippen LogP contribution in [-0.2, 0) is 22.6 Å². The molecule has 11 heteroatoms. The first-order chi connectivity index (χ1) is 19.2. The van der Waals surface area contributed by atoms with Gasteiger partial charge in [0.1, 0.15) is 41.3 Å². The first kappa shape index (κ1) is 28.3. The molecule has 3 aromatic carbocycles. The van der Waals surface area contributed by atoms with Crippen LogP contribution in [0.3, 0.4) is 0 Å². The van der Waals surface area contributed by atoms with Crippen LogP contribution in [0.15, 0.2) is 53.0 Å². The maximum absolute atomic E-state index is 14.8. The number of nitrogens with one attached hydrogen (secondary N) is 1. The molecule has 3 aromatic rings. The van der Waals surface area contributed by atoms with E-state index in [1.807, 2.05) is 12.1 Å². The molecule has 1 amide bonds. The van der Waals surface area contributed by atoms with Crippen LogP contribution in [0.5, 0.6) is 11.5 Å². The van der Waals surface area contributed by atoms with Gasteiger partial charge in [-0.3, -0.25) is 4.79 Å². The summed E-state index contributed by atoms with van der Waals surface area (Å²) >= 11 is 3.10. The molecule has 0 radical (unpaired) electrons. The molecule has 2 aliphatic rings. The van der Waals surface area contributed by atoms with Gasteiger partial charge in [0.2, 0.25) is 5.91 Å². The molecule has 0 saturated carbocycles. The molecular formula is C29H28BrF3N2O5. The van der Waals surface area contributed by atoms with E-state index >= 15 is 0 Å². The summed E-state index contributed by atoms with van der Waals surface area (Å²) in [5.41, 5.74) is -0.345. The van der Waals surface area contributed by atoms with Crippen LogP contribution >= 0.6 is 15.9 Å². The van der Waals surface area contributed by atoms with Gasteiger partial charge in [-0.2, -0.15) is 0 Å². The van der Waals surface area contributed by atoms with Gasteiger partial charge in [0.25, 0.3) is 0 Å². The Kier molecular flexibility index (Phi) is 8.25. The second-order valence-electron chi connectivity index (χ2n) is 9.90. The SMILES string of the molecule is COc1ccc(CO[C@H]2CN(c3c(F)cc(Br)cc3F)CC[C@@]2(O)COc2ccc(F)c3c2CCC(=O)N3)cc1. The Hall–Kier alpha value is -3.28. The summed E-state index contributed by atoms with van der Waals surface area (Å²) in [6, 6.07) is 12.2. The number of amides is 1. The third-order valence-electron chi connectivity index (χ3n) is 7.27. The second-order valence-corrected chi connectivity index (χ2v) is 10.8. The van der Waals surface area contributed by atoms with Crippen molar-refractivity contribution in [3.05, 3.63) is 81.6 Å². The summed E-state index contributed by atoms with van der Waals surface area (Å²) < 4.78 is 61.6. The smallest absolute Gasteiger partial charge is 0.224 e. The summed E-state index contributed by atoms with van der Waals surface area (Å²) in [7, 11) is 1.56. The minimum atomic E-state index is -1.54. The first-order valence-electron chi connectivity index (χ1n) is 12.8. The normalized spacial score (nSPS) is 20.6. The minimum Gasteiger partial charge on any atom is -0.497 e. The molecule has 212 valence electrons. The maximum Gasteiger partial charge on any atom is 0.224 e. The number of hydrogen-bond acceptors (Lipinski definition) is 6. The van der Waals surface area contributed by atoms with Crippen molar-refractivity contribution in [1.82, 2.24) is 0 Å². The molecule has 2 aliphatic heterocycles. The monoisotopic (exact) mass is 620 g/mol. The zero-order valence-corrected chi connectivity index (χ0v) is 23.3. The van der Waals surface area contributed by atoms with Gasteiger partial charge in [-0.05, 0) is 54.8 Å². The summed E-state index contributed by atoms with van der Waals surface area (Å²) in [4.78, 5) is 13.3. The molecule has 2 heterocycles. The fraction of sp³-hybridized carbons (Fsp3) is 0.345. The number of anilines is 2. The lowest BCUT2D eigenvalue weighted by atomic mass is 9.88. The summed E-state index contributed by atoms with van der Waals surface area (Å²) in [5, 5.41) is 14.3. The number of halogens is 4.